The molecule has 1 aromatic rings. The summed E-state index contributed by atoms with van der Waals surface area (Å²) in [5, 5.41) is 2.33. The Hall–Kier alpha value is -1.27. The molecule has 19 heavy (non-hydrogen) atoms. The largest absolute Gasteiger partial charge is 0.416 e. The number of hydrogen-bond acceptors (Lipinski definition) is 2. The molecule has 3 N–H and O–H groups in total. The molecule has 3 nitrogen and oxygen atoms in total. The third kappa shape index (κ3) is 4.40. The minimum atomic E-state index is -4.46. The number of nitrogens with one attached hydrogen (secondary N) is 1. The predicted molar refractivity (Wildman–Crippen MR) is 67.9 cm³/mol. The van der Waals surface area contributed by atoms with E-state index in [2.05, 4.69) is 5.32 Å². The molecule has 1 rings (SSSR count). The van der Waals surface area contributed by atoms with Crippen molar-refractivity contribution in [3.05, 3.63) is 28.8 Å². The number of hydrogen-bond donors (Lipinski definition) is 2. The van der Waals surface area contributed by atoms with Crippen LogP contribution in [0.15, 0.2) is 18.2 Å². The molecule has 0 saturated carbocycles. The van der Waals surface area contributed by atoms with Gasteiger partial charge in [0.2, 0.25) is 5.91 Å². The molecule has 7 heteroatoms. The van der Waals surface area contributed by atoms with E-state index in [4.69, 9.17) is 17.3 Å². The Morgan fingerprint density at radius 3 is 2.58 bits per heavy atom. The van der Waals surface area contributed by atoms with Gasteiger partial charge in [-0.2, -0.15) is 13.2 Å². The Balaban J connectivity index is 2.84. The van der Waals surface area contributed by atoms with Gasteiger partial charge in [0.15, 0.2) is 0 Å². The van der Waals surface area contributed by atoms with Gasteiger partial charge in [-0.15, -0.1) is 0 Å². The number of halogens is 4. The maximum atomic E-state index is 12.4. The molecule has 0 radical (unpaired) electrons. The fraction of sp³-hybridized carbons (Fsp3) is 0.417. The second kappa shape index (κ2) is 6.25. The van der Waals surface area contributed by atoms with E-state index in [0.29, 0.717) is 13.0 Å². The number of alkyl halides is 3. The van der Waals surface area contributed by atoms with Crippen LogP contribution >= 0.6 is 11.6 Å². The Bertz CT molecular complexity index is 463. The first-order valence-electron chi connectivity index (χ1n) is 5.63. The minimum absolute atomic E-state index is 0.150. The van der Waals surface area contributed by atoms with Crippen molar-refractivity contribution in [2.24, 2.45) is 11.7 Å². The average Bonchev–Trinajstić information content (AvgIpc) is 2.30. The standard InChI is InChI=1S/C12H14ClF3N2O/c1-7(4-5-17)11(19)18-10-3-2-8(6-9(10)13)12(14,15)16/h2-3,6-7H,4-5,17H2,1H3,(H,18,19). The number of benzene rings is 1. The highest BCUT2D eigenvalue weighted by atomic mass is 35.5. The van der Waals surface area contributed by atoms with E-state index >= 15 is 0 Å². The van der Waals surface area contributed by atoms with Crippen molar-refractivity contribution < 1.29 is 18.0 Å². The first kappa shape index (κ1) is 15.8. The molecule has 0 aromatic heterocycles. The number of amides is 1. The number of nitrogens with two attached hydrogens (primary N) is 1. The smallest absolute Gasteiger partial charge is 0.330 e. The van der Waals surface area contributed by atoms with E-state index in [9.17, 15) is 18.0 Å². The fourth-order valence-electron chi connectivity index (χ4n) is 1.43. The second-order valence-corrected chi connectivity index (χ2v) is 4.57. The van der Waals surface area contributed by atoms with Crippen LogP contribution in [0.4, 0.5) is 18.9 Å². The summed E-state index contributed by atoms with van der Waals surface area (Å²) in [4.78, 5) is 11.7. The van der Waals surface area contributed by atoms with Gasteiger partial charge in [-0.3, -0.25) is 4.79 Å². The quantitative estimate of drug-likeness (QED) is 0.895. The van der Waals surface area contributed by atoms with Crippen LogP contribution < -0.4 is 11.1 Å². The van der Waals surface area contributed by atoms with Gasteiger partial charge in [-0.05, 0) is 31.2 Å². The van der Waals surface area contributed by atoms with E-state index in [1.807, 2.05) is 0 Å². The predicted octanol–water partition coefficient (Wildman–Crippen LogP) is 3.28. The molecule has 0 fully saturated rings. The molecule has 0 spiro atoms. The third-order valence-electron chi connectivity index (χ3n) is 2.60. The van der Waals surface area contributed by atoms with Crippen molar-refractivity contribution in [3.63, 3.8) is 0 Å². The summed E-state index contributed by atoms with van der Waals surface area (Å²) in [5.74, 6) is -0.657. The molecule has 0 aliphatic rings. The van der Waals surface area contributed by atoms with Crippen LogP contribution in [0.1, 0.15) is 18.9 Å². The van der Waals surface area contributed by atoms with Gasteiger partial charge in [-0.25, -0.2) is 0 Å². The fourth-order valence-corrected chi connectivity index (χ4v) is 1.66. The molecule has 0 bridgehead atoms. The molecular weight excluding hydrogens is 281 g/mol. The molecule has 0 heterocycles. The Labute approximate surface area is 113 Å². The van der Waals surface area contributed by atoms with Gasteiger partial charge >= 0.3 is 6.18 Å². The molecule has 1 unspecified atom stereocenters. The molecule has 106 valence electrons. The highest BCUT2D eigenvalue weighted by Crippen LogP contribution is 2.33. The lowest BCUT2D eigenvalue weighted by atomic mass is 10.1. The first-order chi connectivity index (χ1) is 8.75. The van der Waals surface area contributed by atoms with Crippen molar-refractivity contribution in [1.82, 2.24) is 0 Å². The number of rotatable bonds is 4. The zero-order chi connectivity index (χ0) is 14.6. The highest BCUT2D eigenvalue weighted by Gasteiger charge is 2.31. The lowest BCUT2D eigenvalue weighted by molar-refractivity contribution is -0.137. The summed E-state index contributed by atoms with van der Waals surface area (Å²) in [5.41, 5.74) is 4.63. The van der Waals surface area contributed by atoms with E-state index in [-0.39, 0.29) is 22.5 Å². The Morgan fingerprint density at radius 2 is 2.11 bits per heavy atom. The van der Waals surface area contributed by atoms with Gasteiger partial charge in [0.05, 0.1) is 16.3 Å². The van der Waals surface area contributed by atoms with Crippen LogP contribution in [0.3, 0.4) is 0 Å². The van der Waals surface area contributed by atoms with Crippen molar-refractivity contribution in [2.45, 2.75) is 19.5 Å². The summed E-state index contributed by atoms with van der Waals surface area (Å²) in [7, 11) is 0. The monoisotopic (exact) mass is 294 g/mol. The number of carbonyl (C=O) groups is 1. The van der Waals surface area contributed by atoms with E-state index in [1.54, 1.807) is 6.92 Å². The zero-order valence-corrected chi connectivity index (χ0v) is 11.0. The number of anilines is 1. The summed E-state index contributed by atoms with van der Waals surface area (Å²) in [6.45, 7) is 2.04. The van der Waals surface area contributed by atoms with Crippen molar-refractivity contribution in [1.29, 1.82) is 0 Å². The van der Waals surface area contributed by atoms with Crippen molar-refractivity contribution >= 4 is 23.2 Å². The van der Waals surface area contributed by atoms with Crippen LogP contribution in [0.5, 0.6) is 0 Å². The van der Waals surface area contributed by atoms with E-state index < -0.39 is 11.7 Å². The van der Waals surface area contributed by atoms with E-state index in [0.717, 1.165) is 18.2 Å². The van der Waals surface area contributed by atoms with Gasteiger partial charge in [0, 0.05) is 5.92 Å². The molecular formula is C12H14ClF3N2O. The second-order valence-electron chi connectivity index (χ2n) is 4.16. The minimum Gasteiger partial charge on any atom is -0.330 e. The first-order valence-corrected chi connectivity index (χ1v) is 6.01. The highest BCUT2D eigenvalue weighted by molar-refractivity contribution is 6.33. The van der Waals surface area contributed by atoms with Crippen LogP contribution in [-0.2, 0) is 11.0 Å². The lowest BCUT2D eigenvalue weighted by Crippen LogP contribution is -2.23. The summed E-state index contributed by atoms with van der Waals surface area (Å²) < 4.78 is 37.3. The summed E-state index contributed by atoms with van der Waals surface area (Å²) in [6, 6.07) is 2.79. The third-order valence-corrected chi connectivity index (χ3v) is 2.91. The molecule has 1 aromatic carbocycles. The molecule has 0 saturated heterocycles. The zero-order valence-electron chi connectivity index (χ0n) is 10.2. The lowest BCUT2D eigenvalue weighted by Gasteiger charge is -2.13. The van der Waals surface area contributed by atoms with Crippen molar-refractivity contribution in [3.8, 4) is 0 Å². The van der Waals surface area contributed by atoms with E-state index in [1.165, 1.54) is 0 Å². The summed E-state index contributed by atoms with van der Waals surface area (Å²) in [6.07, 6.45) is -3.97. The molecule has 0 aliphatic carbocycles. The Morgan fingerprint density at radius 1 is 1.47 bits per heavy atom. The number of carbonyl (C=O) groups excluding carboxylic acids is 1. The van der Waals surface area contributed by atoms with Crippen LogP contribution in [0, 0.1) is 5.92 Å². The van der Waals surface area contributed by atoms with Gasteiger partial charge < -0.3 is 11.1 Å². The maximum Gasteiger partial charge on any atom is 0.416 e. The van der Waals surface area contributed by atoms with Crippen molar-refractivity contribution in [2.75, 3.05) is 11.9 Å². The van der Waals surface area contributed by atoms with Gasteiger partial charge in [0.25, 0.3) is 0 Å². The summed E-state index contributed by atoms with van der Waals surface area (Å²) >= 11 is 5.72. The topological polar surface area (TPSA) is 55.1 Å². The SMILES string of the molecule is CC(CCN)C(=O)Nc1ccc(C(F)(F)F)cc1Cl. The normalized spacial score (nSPS) is 13.2. The van der Waals surface area contributed by atoms with Gasteiger partial charge in [-0.1, -0.05) is 18.5 Å². The van der Waals surface area contributed by atoms with Crippen LogP contribution in [0.25, 0.3) is 0 Å². The maximum absolute atomic E-state index is 12.4. The average molecular weight is 295 g/mol. The molecule has 1 amide bonds. The van der Waals surface area contributed by atoms with Crippen LogP contribution in [0.2, 0.25) is 5.02 Å². The van der Waals surface area contributed by atoms with Gasteiger partial charge in [0.1, 0.15) is 0 Å². The Kier molecular flexibility index (Phi) is 5.20. The molecule has 0 aliphatic heterocycles. The van der Waals surface area contributed by atoms with Crippen LogP contribution in [-0.4, -0.2) is 12.5 Å². The molecule has 1 atom stereocenters.